The quantitative estimate of drug-likeness (QED) is 0.341. The molecule has 0 fully saturated rings. The molecule has 1 aromatic heterocycles. The summed E-state index contributed by atoms with van der Waals surface area (Å²) in [5.74, 6) is 1.73. The summed E-state index contributed by atoms with van der Waals surface area (Å²) >= 11 is 1.97. The number of para-hydroxylation sites is 1. The summed E-state index contributed by atoms with van der Waals surface area (Å²) in [7, 11) is 0. The van der Waals surface area contributed by atoms with Crippen LogP contribution in [0.3, 0.4) is 0 Å². The van der Waals surface area contributed by atoms with Gasteiger partial charge in [-0.15, -0.1) is 0 Å². The zero-order valence-electron chi connectivity index (χ0n) is 23.0. The molecule has 0 saturated carbocycles. The maximum absolute atomic E-state index is 9.57. The monoisotopic (exact) mass is 576 g/mol. The summed E-state index contributed by atoms with van der Waals surface area (Å²) in [4.78, 5) is 0. The number of hydrogen-bond acceptors (Lipinski definition) is 3. The first kappa shape index (κ1) is 35.0. The number of aromatic hydroxyl groups is 2. The van der Waals surface area contributed by atoms with Crippen LogP contribution in [0.4, 0.5) is 0 Å². The topological polar surface area (TPSA) is 53.6 Å². The van der Waals surface area contributed by atoms with Gasteiger partial charge in [-0.1, -0.05) is 76.9 Å². The van der Waals surface area contributed by atoms with E-state index >= 15 is 0 Å². The Bertz CT molecular complexity index is 1190. The molecule has 37 heavy (non-hydrogen) atoms. The first-order chi connectivity index (χ1) is 16.2. The van der Waals surface area contributed by atoms with Gasteiger partial charge in [0.05, 0.1) is 0 Å². The molecule has 6 heteroatoms. The van der Waals surface area contributed by atoms with Crippen LogP contribution in [-0.4, -0.2) is 14.5 Å². The van der Waals surface area contributed by atoms with E-state index in [0.29, 0.717) is 11.5 Å². The van der Waals surface area contributed by atoms with Crippen LogP contribution < -0.4 is 24.8 Å². The second-order valence-electron chi connectivity index (χ2n) is 10.9. The molecular weight excluding hydrogens is 539 g/mol. The van der Waals surface area contributed by atoms with E-state index in [2.05, 4.69) is 41.5 Å². The molecule has 0 unspecified atom stereocenters. The SMILES string of the molecule is Cc1ccc(O)c(C(C)(C)C)c1.Cc1ccc(O)c(C(C)(C)C)c1.[Cl-].[Cl-].[Ti+2]=[CH]c1cc2ccccc2o1. The van der Waals surface area contributed by atoms with E-state index in [-0.39, 0.29) is 35.6 Å². The average molecular weight is 577 g/mol. The Hall–Kier alpha value is -2.04. The summed E-state index contributed by atoms with van der Waals surface area (Å²) in [5, 5.41) is 20.3. The Labute approximate surface area is 246 Å². The van der Waals surface area contributed by atoms with Crippen molar-refractivity contribution in [2.45, 2.75) is 66.2 Å². The van der Waals surface area contributed by atoms with Gasteiger partial charge in [-0.25, -0.2) is 0 Å². The van der Waals surface area contributed by atoms with Gasteiger partial charge < -0.3 is 35.0 Å². The van der Waals surface area contributed by atoms with E-state index in [4.69, 9.17) is 4.42 Å². The average Bonchev–Trinajstić information content (AvgIpc) is 3.20. The molecule has 1 heterocycles. The molecule has 0 aliphatic heterocycles. The first-order valence-electron chi connectivity index (χ1n) is 11.8. The molecule has 0 aliphatic rings. The van der Waals surface area contributed by atoms with Crippen LogP contribution >= 0.6 is 0 Å². The number of fused-ring (bicyclic) bond motifs is 1. The standard InChI is InChI=1S/2C11H16O.C9H6O.2ClH.Ti/c2*1-8-5-6-10(12)9(7-8)11(2,3)4;1-7-6-8-4-2-3-5-9(8)10-7;;;/h2*5-7,12H,1-4H3;1-6H;2*1H;/q;;;;;+2/p-2. The van der Waals surface area contributed by atoms with E-state index in [1.807, 2.05) is 92.7 Å². The molecule has 0 amide bonds. The number of halogens is 2. The minimum atomic E-state index is 0. The fourth-order valence-corrected chi connectivity index (χ4v) is 3.80. The van der Waals surface area contributed by atoms with Crippen molar-refractivity contribution in [3.05, 3.63) is 94.7 Å². The first-order valence-corrected chi connectivity index (χ1v) is 12.7. The Balaban J connectivity index is 0.000000512. The number of aryl methyl sites for hydroxylation is 2. The fourth-order valence-electron chi connectivity index (χ4n) is 3.57. The number of hydrogen-bond donors (Lipinski definition) is 2. The van der Waals surface area contributed by atoms with E-state index in [1.165, 1.54) is 16.5 Å². The normalized spacial score (nSPS) is 10.6. The van der Waals surface area contributed by atoms with Crippen molar-refractivity contribution >= 4 is 15.3 Å². The summed E-state index contributed by atoms with van der Waals surface area (Å²) in [6, 6.07) is 21.5. The summed E-state index contributed by atoms with van der Waals surface area (Å²) in [6.07, 6.45) is 0. The van der Waals surface area contributed by atoms with Gasteiger partial charge >= 0.3 is 75.8 Å². The maximum atomic E-state index is 9.57. The Morgan fingerprint density at radius 2 is 1.11 bits per heavy atom. The van der Waals surface area contributed by atoms with Gasteiger partial charge in [0.15, 0.2) is 0 Å². The van der Waals surface area contributed by atoms with Crippen LogP contribution in [0.15, 0.2) is 71.1 Å². The van der Waals surface area contributed by atoms with E-state index in [1.54, 1.807) is 12.1 Å². The summed E-state index contributed by atoms with van der Waals surface area (Å²) < 4.78 is 7.42. The van der Waals surface area contributed by atoms with Crippen molar-refractivity contribution in [2.75, 3.05) is 0 Å². The molecule has 0 aliphatic carbocycles. The van der Waals surface area contributed by atoms with Gasteiger partial charge in [-0.3, -0.25) is 0 Å². The number of rotatable bonds is 1. The van der Waals surface area contributed by atoms with E-state index in [9.17, 15) is 10.2 Å². The van der Waals surface area contributed by atoms with Gasteiger partial charge in [0.2, 0.25) is 0 Å². The second kappa shape index (κ2) is 14.8. The number of phenolic OH excluding ortho intramolecular Hbond substituents is 2. The van der Waals surface area contributed by atoms with Gasteiger partial charge in [0.1, 0.15) is 11.5 Å². The van der Waals surface area contributed by atoms with Gasteiger partial charge in [0, 0.05) is 0 Å². The van der Waals surface area contributed by atoms with Gasteiger partial charge in [0.25, 0.3) is 0 Å². The third kappa shape index (κ3) is 10.7. The van der Waals surface area contributed by atoms with Crippen molar-refractivity contribution < 1.29 is 59.4 Å². The third-order valence-corrected chi connectivity index (χ3v) is 5.95. The van der Waals surface area contributed by atoms with Crippen LogP contribution in [0.25, 0.3) is 11.0 Å². The Kier molecular flexibility index (Phi) is 14.0. The zero-order valence-corrected chi connectivity index (χ0v) is 26.1. The molecule has 0 saturated heterocycles. The van der Waals surface area contributed by atoms with Crippen LogP contribution in [0.2, 0.25) is 0 Å². The third-order valence-electron chi connectivity index (χ3n) is 5.51. The molecule has 0 spiro atoms. The van der Waals surface area contributed by atoms with E-state index in [0.717, 1.165) is 22.5 Å². The molecule has 2 N–H and O–H groups in total. The van der Waals surface area contributed by atoms with Crippen LogP contribution in [0.1, 0.15) is 69.6 Å². The Morgan fingerprint density at radius 1 is 0.676 bits per heavy atom. The molecule has 4 rings (SSSR count). The molecule has 3 aromatic carbocycles. The van der Waals surface area contributed by atoms with Crippen LogP contribution in [0.5, 0.6) is 11.5 Å². The molecule has 3 nitrogen and oxygen atoms in total. The van der Waals surface area contributed by atoms with Crippen molar-refractivity contribution in [2.24, 2.45) is 0 Å². The molecule has 198 valence electrons. The van der Waals surface area contributed by atoms with Crippen LogP contribution in [0, 0.1) is 13.8 Å². The number of phenols is 2. The summed E-state index contributed by atoms with van der Waals surface area (Å²) in [5.41, 5.74) is 5.42. The fraction of sp³-hybridized carbons (Fsp3) is 0.323. The zero-order chi connectivity index (χ0) is 26.4. The number of furan rings is 1. The van der Waals surface area contributed by atoms with E-state index < -0.39 is 0 Å². The van der Waals surface area contributed by atoms with Gasteiger partial charge in [-0.05, 0) is 47.9 Å². The molecule has 0 atom stereocenters. The van der Waals surface area contributed by atoms with Crippen molar-refractivity contribution in [3.63, 3.8) is 0 Å². The predicted octanol–water partition coefficient (Wildman–Crippen LogP) is 2.13. The second-order valence-corrected chi connectivity index (χ2v) is 11.3. The van der Waals surface area contributed by atoms with Crippen molar-refractivity contribution in [3.8, 4) is 11.5 Å². The molecular formula is C31H38Cl2O3Ti. The van der Waals surface area contributed by atoms with Crippen molar-refractivity contribution in [1.29, 1.82) is 0 Å². The van der Waals surface area contributed by atoms with Crippen LogP contribution in [-0.2, 0) is 30.8 Å². The van der Waals surface area contributed by atoms with Gasteiger partial charge in [-0.2, -0.15) is 0 Å². The minimum absolute atomic E-state index is 0. The number of benzene rings is 3. The molecule has 0 radical (unpaired) electrons. The Morgan fingerprint density at radius 3 is 1.46 bits per heavy atom. The summed E-state index contributed by atoms with van der Waals surface area (Å²) in [6.45, 7) is 16.7. The molecule has 4 aromatic rings. The van der Waals surface area contributed by atoms with Crippen molar-refractivity contribution in [1.82, 2.24) is 0 Å². The molecule has 0 bridgehead atoms. The predicted molar refractivity (Wildman–Crippen MR) is 144 cm³/mol.